The van der Waals surface area contributed by atoms with E-state index >= 15 is 0 Å². The maximum Gasteiger partial charge on any atom is 0.0905 e. The second kappa shape index (κ2) is 7.38. The smallest absolute Gasteiger partial charge is 0.0905 e. The summed E-state index contributed by atoms with van der Waals surface area (Å²) in [6.45, 7) is 8.74. The highest BCUT2D eigenvalue weighted by molar-refractivity contribution is 4.75. The van der Waals surface area contributed by atoms with Gasteiger partial charge in [0.25, 0.3) is 0 Å². The highest BCUT2D eigenvalue weighted by Crippen LogP contribution is 2.29. The van der Waals surface area contributed by atoms with Gasteiger partial charge in [-0.05, 0) is 24.7 Å². The van der Waals surface area contributed by atoms with Crippen molar-refractivity contribution in [3.63, 3.8) is 0 Å². The predicted molar refractivity (Wildman–Crippen MR) is 62.4 cm³/mol. The Labute approximate surface area is 93.0 Å². The molecule has 0 bridgehead atoms. The summed E-state index contributed by atoms with van der Waals surface area (Å²) in [5.41, 5.74) is 0. The van der Waals surface area contributed by atoms with Gasteiger partial charge in [-0.2, -0.15) is 0 Å². The number of hydrogen-bond acceptors (Lipinski definition) is 2. The third kappa shape index (κ3) is 4.41. The lowest BCUT2D eigenvalue weighted by atomic mass is 9.89. The fourth-order valence-corrected chi connectivity index (χ4v) is 2.28. The summed E-state index contributed by atoms with van der Waals surface area (Å²) >= 11 is 0. The van der Waals surface area contributed by atoms with Crippen molar-refractivity contribution in [3.05, 3.63) is 25.7 Å². The van der Waals surface area contributed by atoms with E-state index < -0.39 is 0 Å². The molecule has 0 aliphatic heterocycles. The molecule has 1 fully saturated rings. The fourth-order valence-electron chi connectivity index (χ4n) is 2.28. The second-order valence-electron chi connectivity index (χ2n) is 4.16. The molecule has 86 valence electrons. The summed E-state index contributed by atoms with van der Waals surface area (Å²) in [6, 6.07) is 0. The van der Waals surface area contributed by atoms with Crippen molar-refractivity contribution in [3.8, 4) is 0 Å². The molecular weight excluding hydrogens is 188 g/mol. The monoisotopic (exact) mass is 210 g/mol. The van der Waals surface area contributed by atoms with E-state index in [1.807, 2.05) is 0 Å². The number of rotatable bonds is 6. The molecule has 2 unspecified atom stereocenters. The first-order valence-corrected chi connectivity index (χ1v) is 5.83. The van der Waals surface area contributed by atoms with Crippen LogP contribution >= 0.6 is 0 Å². The van der Waals surface area contributed by atoms with Gasteiger partial charge >= 0.3 is 0 Å². The van der Waals surface area contributed by atoms with Crippen LogP contribution in [0.1, 0.15) is 32.1 Å². The third-order valence-electron chi connectivity index (χ3n) is 3.17. The average Bonchev–Trinajstić information content (AvgIpc) is 2.48. The molecule has 15 heavy (non-hydrogen) atoms. The van der Waals surface area contributed by atoms with Crippen LogP contribution in [0.5, 0.6) is 0 Å². The first-order chi connectivity index (χ1) is 7.38. The van der Waals surface area contributed by atoms with Crippen molar-refractivity contribution in [2.45, 2.75) is 32.1 Å². The summed E-state index contributed by atoms with van der Waals surface area (Å²) < 4.78 is 10.6. The fraction of sp³-hybridized carbons (Fsp3) is 0.692. The lowest BCUT2D eigenvalue weighted by Gasteiger charge is -2.23. The minimum absolute atomic E-state index is 0.616. The molecule has 1 aliphatic carbocycles. The molecule has 0 aromatic heterocycles. The van der Waals surface area contributed by atoms with E-state index in [1.165, 1.54) is 44.6 Å². The third-order valence-corrected chi connectivity index (χ3v) is 3.17. The Hall–Kier alpha value is -0.920. The summed E-state index contributed by atoms with van der Waals surface area (Å²) in [7, 11) is 0. The SMILES string of the molecule is C=COCC1CCCCCC1COC=C. The van der Waals surface area contributed by atoms with Crippen LogP contribution in [0.2, 0.25) is 0 Å². The molecule has 0 aromatic rings. The summed E-state index contributed by atoms with van der Waals surface area (Å²) in [4.78, 5) is 0. The van der Waals surface area contributed by atoms with Gasteiger partial charge in [-0.1, -0.05) is 32.4 Å². The predicted octanol–water partition coefficient (Wildman–Crippen LogP) is 3.50. The Bertz CT molecular complexity index is 169. The van der Waals surface area contributed by atoms with Gasteiger partial charge in [-0.15, -0.1) is 0 Å². The van der Waals surface area contributed by atoms with Crippen molar-refractivity contribution in [1.29, 1.82) is 0 Å². The molecule has 0 N–H and O–H groups in total. The van der Waals surface area contributed by atoms with Crippen LogP contribution in [0, 0.1) is 11.8 Å². The molecule has 0 spiro atoms. The van der Waals surface area contributed by atoms with Crippen LogP contribution in [-0.2, 0) is 9.47 Å². The van der Waals surface area contributed by atoms with Crippen LogP contribution in [0.25, 0.3) is 0 Å². The molecule has 2 heteroatoms. The van der Waals surface area contributed by atoms with Crippen molar-refractivity contribution >= 4 is 0 Å². The van der Waals surface area contributed by atoms with Gasteiger partial charge in [0.1, 0.15) is 0 Å². The number of ether oxygens (including phenoxy) is 2. The second-order valence-corrected chi connectivity index (χ2v) is 4.16. The molecular formula is C13H22O2. The quantitative estimate of drug-likeness (QED) is 0.493. The normalized spacial score (nSPS) is 26.4. The van der Waals surface area contributed by atoms with Gasteiger partial charge in [0, 0.05) is 0 Å². The minimum atomic E-state index is 0.616. The summed E-state index contributed by atoms with van der Waals surface area (Å²) in [5.74, 6) is 1.23. The standard InChI is InChI=1S/C13H22O2/c1-3-14-10-12-8-6-5-7-9-13(12)11-15-4-2/h3-4,12-13H,1-2,5-11H2. The minimum Gasteiger partial charge on any atom is -0.502 e. The van der Waals surface area contributed by atoms with E-state index in [9.17, 15) is 0 Å². The van der Waals surface area contributed by atoms with Gasteiger partial charge in [0.2, 0.25) is 0 Å². The van der Waals surface area contributed by atoms with E-state index in [0.717, 1.165) is 13.2 Å². The first-order valence-electron chi connectivity index (χ1n) is 5.83. The van der Waals surface area contributed by atoms with Crippen molar-refractivity contribution < 1.29 is 9.47 Å². The Morgan fingerprint density at radius 2 is 1.33 bits per heavy atom. The molecule has 0 heterocycles. The Balaban J connectivity index is 2.42. The summed E-state index contributed by atoms with van der Waals surface area (Å²) in [5, 5.41) is 0. The molecule has 1 aliphatic rings. The maximum atomic E-state index is 5.32. The zero-order valence-corrected chi connectivity index (χ0v) is 9.49. The zero-order valence-electron chi connectivity index (χ0n) is 9.49. The lowest BCUT2D eigenvalue weighted by Crippen LogP contribution is -2.22. The Morgan fingerprint density at radius 1 is 0.867 bits per heavy atom. The molecule has 0 saturated heterocycles. The van der Waals surface area contributed by atoms with Gasteiger partial charge in [-0.3, -0.25) is 0 Å². The molecule has 0 amide bonds. The zero-order chi connectivity index (χ0) is 10.9. The van der Waals surface area contributed by atoms with Crippen molar-refractivity contribution in [1.82, 2.24) is 0 Å². The molecule has 0 aromatic carbocycles. The van der Waals surface area contributed by atoms with Crippen LogP contribution in [-0.4, -0.2) is 13.2 Å². The Kier molecular flexibility index (Phi) is 5.98. The van der Waals surface area contributed by atoms with E-state index in [-0.39, 0.29) is 0 Å². The molecule has 1 rings (SSSR count). The van der Waals surface area contributed by atoms with E-state index in [1.54, 1.807) is 0 Å². The Morgan fingerprint density at radius 3 is 1.73 bits per heavy atom. The number of hydrogen-bond donors (Lipinski definition) is 0. The topological polar surface area (TPSA) is 18.5 Å². The van der Waals surface area contributed by atoms with Crippen molar-refractivity contribution in [2.24, 2.45) is 11.8 Å². The van der Waals surface area contributed by atoms with E-state index in [2.05, 4.69) is 13.2 Å². The molecule has 2 atom stereocenters. The molecule has 0 radical (unpaired) electrons. The largest absolute Gasteiger partial charge is 0.502 e. The lowest BCUT2D eigenvalue weighted by molar-refractivity contribution is 0.0961. The van der Waals surface area contributed by atoms with E-state index in [0.29, 0.717) is 11.8 Å². The van der Waals surface area contributed by atoms with Crippen LogP contribution in [0.15, 0.2) is 25.7 Å². The highest BCUT2D eigenvalue weighted by atomic mass is 16.5. The molecule has 2 nitrogen and oxygen atoms in total. The maximum absolute atomic E-state index is 5.32. The summed E-state index contributed by atoms with van der Waals surface area (Å²) in [6.07, 6.45) is 9.55. The van der Waals surface area contributed by atoms with Gasteiger partial charge in [0.15, 0.2) is 0 Å². The van der Waals surface area contributed by atoms with Crippen LogP contribution < -0.4 is 0 Å². The highest BCUT2D eigenvalue weighted by Gasteiger charge is 2.24. The van der Waals surface area contributed by atoms with E-state index in [4.69, 9.17) is 9.47 Å². The van der Waals surface area contributed by atoms with Crippen LogP contribution in [0.4, 0.5) is 0 Å². The average molecular weight is 210 g/mol. The first kappa shape index (κ1) is 12.2. The van der Waals surface area contributed by atoms with Gasteiger partial charge in [0.05, 0.1) is 25.7 Å². The van der Waals surface area contributed by atoms with Gasteiger partial charge < -0.3 is 9.47 Å². The van der Waals surface area contributed by atoms with Crippen molar-refractivity contribution in [2.75, 3.05) is 13.2 Å². The van der Waals surface area contributed by atoms with Gasteiger partial charge in [-0.25, -0.2) is 0 Å². The van der Waals surface area contributed by atoms with Crippen LogP contribution in [0.3, 0.4) is 0 Å². The molecule has 1 saturated carbocycles.